The molecule has 5 unspecified atom stereocenters. The number of ether oxygens (including phenoxy) is 1. The summed E-state index contributed by atoms with van der Waals surface area (Å²) >= 11 is 0. The molecule has 0 aromatic heterocycles. The Kier molecular flexibility index (Phi) is 3.45. The summed E-state index contributed by atoms with van der Waals surface area (Å²) in [5, 5.41) is 2.44. The van der Waals surface area contributed by atoms with Gasteiger partial charge in [0.1, 0.15) is 17.3 Å². The second-order valence-corrected chi connectivity index (χ2v) is 12.7. The molecule has 5 fully saturated rings. The first-order valence-corrected chi connectivity index (χ1v) is 13.2. The summed E-state index contributed by atoms with van der Waals surface area (Å²) in [5.41, 5.74) is 0.197. The fourth-order valence-corrected chi connectivity index (χ4v) is 10.9. The van der Waals surface area contributed by atoms with Gasteiger partial charge in [0, 0.05) is 21.7 Å². The summed E-state index contributed by atoms with van der Waals surface area (Å²) < 4.78 is 6.26. The highest BCUT2D eigenvalue weighted by Gasteiger charge is 2.83. The lowest BCUT2D eigenvalue weighted by Gasteiger charge is -2.71. The van der Waals surface area contributed by atoms with Gasteiger partial charge in [-0.3, -0.25) is 4.79 Å². The summed E-state index contributed by atoms with van der Waals surface area (Å²) in [6.07, 6.45) is 10.3. The maximum Gasteiger partial charge on any atom is 0.318 e. The quantitative estimate of drug-likeness (QED) is 0.370. The number of rotatable bonds is 3. The van der Waals surface area contributed by atoms with Gasteiger partial charge in [0.2, 0.25) is 0 Å². The van der Waals surface area contributed by atoms with Crippen molar-refractivity contribution in [3.8, 4) is 5.75 Å². The molecule has 5 atom stereocenters. The molecule has 0 N–H and O–H groups in total. The van der Waals surface area contributed by atoms with Crippen molar-refractivity contribution in [2.75, 3.05) is 11.5 Å². The van der Waals surface area contributed by atoms with Crippen LogP contribution in [0, 0.1) is 28.6 Å². The predicted octanol–water partition coefficient (Wildman–Crippen LogP) is 5.73. The zero-order valence-electron chi connectivity index (χ0n) is 17.0. The Balaban J connectivity index is 1.24. The number of hydrogen-bond donors (Lipinski definition) is 0. The fourth-order valence-electron chi connectivity index (χ4n) is 8.37. The van der Waals surface area contributed by atoms with Crippen molar-refractivity contribution in [2.24, 2.45) is 28.6 Å². The van der Waals surface area contributed by atoms with Crippen LogP contribution in [0.5, 0.6) is 5.75 Å². The Morgan fingerprint density at radius 3 is 2.52 bits per heavy atom. The van der Waals surface area contributed by atoms with Crippen LogP contribution in [0.3, 0.4) is 0 Å². The monoisotopic (exact) mass is 405 g/mol. The summed E-state index contributed by atoms with van der Waals surface area (Å²) in [6, 6.07) is 13.0. The maximum absolute atomic E-state index is 13.6. The van der Waals surface area contributed by atoms with Gasteiger partial charge in [-0.2, -0.15) is 0 Å². The highest BCUT2D eigenvalue weighted by atomic mass is 32.2. The molecule has 2 aromatic rings. The Labute approximate surface area is 175 Å². The molecule has 2 bridgehead atoms. The number of esters is 1. The molecule has 0 amide bonds. The van der Waals surface area contributed by atoms with E-state index >= 15 is 0 Å². The van der Waals surface area contributed by atoms with E-state index in [1.807, 2.05) is 0 Å². The molecule has 7 rings (SSSR count). The van der Waals surface area contributed by atoms with E-state index in [1.165, 1.54) is 60.3 Å². The summed E-state index contributed by atoms with van der Waals surface area (Å²) in [7, 11) is 0.350. The Hall–Kier alpha value is -1.48. The molecule has 2 aromatic carbocycles. The lowest BCUT2D eigenvalue weighted by molar-refractivity contribution is -0.245. The van der Waals surface area contributed by atoms with Crippen molar-refractivity contribution in [3.05, 3.63) is 36.4 Å². The fraction of sp³-hybridized carbons (Fsp3) is 0.577. The molecule has 4 aliphatic carbocycles. The smallest absolute Gasteiger partial charge is 0.318 e. The van der Waals surface area contributed by atoms with Crippen LogP contribution in [0.25, 0.3) is 10.8 Å². The lowest BCUT2D eigenvalue weighted by atomic mass is 9.32. The molecular weight excluding hydrogens is 376 g/mol. The van der Waals surface area contributed by atoms with E-state index < -0.39 is 0 Å². The van der Waals surface area contributed by atoms with E-state index in [-0.39, 0.29) is 11.4 Å². The lowest BCUT2D eigenvalue weighted by Crippen LogP contribution is -2.70. The van der Waals surface area contributed by atoms with Gasteiger partial charge < -0.3 is 4.74 Å². The van der Waals surface area contributed by atoms with Gasteiger partial charge in [0.15, 0.2) is 4.90 Å². The highest BCUT2D eigenvalue weighted by Crippen LogP contribution is 2.86. The largest absolute Gasteiger partial charge is 0.425 e. The molecule has 29 heavy (non-hydrogen) atoms. The first-order chi connectivity index (χ1) is 14.2. The third kappa shape index (κ3) is 2.03. The van der Waals surface area contributed by atoms with Gasteiger partial charge in [-0.25, -0.2) is 0 Å². The molecule has 150 valence electrons. The van der Waals surface area contributed by atoms with E-state index in [0.717, 1.165) is 41.7 Å². The molecule has 2 nitrogen and oxygen atoms in total. The first-order valence-electron chi connectivity index (χ1n) is 11.6. The molecule has 4 saturated carbocycles. The van der Waals surface area contributed by atoms with Gasteiger partial charge in [0.05, 0.1) is 5.41 Å². The minimum absolute atomic E-state index is 0.0960. The molecule has 1 spiro atoms. The van der Waals surface area contributed by atoms with Gasteiger partial charge >= 0.3 is 5.97 Å². The van der Waals surface area contributed by atoms with Crippen molar-refractivity contribution in [1.82, 2.24) is 0 Å². The van der Waals surface area contributed by atoms with Crippen LogP contribution in [0.1, 0.15) is 51.4 Å². The van der Waals surface area contributed by atoms with Crippen LogP contribution in [-0.4, -0.2) is 17.5 Å². The van der Waals surface area contributed by atoms with Gasteiger partial charge in [0.25, 0.3) is 0 Å². The molecule has 3 heteroatoms. The number of carbonyl (C=O) groups is 1. The SMILES string of the molecule is O=C(Oc1ccc([S+]2CCCCC2)c2ccccc12)C12CC3CC4CC(C1)C42C3. The van der Waals surface area contributed by atoms with Gasteiger partial charge in [-0.05, 0) is 92.7 Å². The van der Waals surface area contributed by atoms with Crippen molar-refractivity contribution in [2.45, 2.75) is 56.3 Å². The van der Waals surface area contributed by atoms with E-state index in [9.17, 15) is 4.79 Å². The summed E-state index contributed by atoms with van der Waals surface area (Å²) in [4.78, 5) is 15.0. The molecule has 5 aliphatic rings. The average molecular weight is 406 g/mol. The summed E-state index contributed by atoms with van der Waals surface area (Å²) in [6.45, 7) is 0. The normalized spacial score (nSPS) is 39.7. The predicted molar refractivity (Wildman–Crippen MR) is 117 cm³/mol. The number of carbonyl (C=O) groups excluding carboxylic acids is 1. The zero-order valence-corrected chi connectivity index (χ0v) is 17.8. The number of fused-ring (bicyclic) bond motifs is 2. The molecule has 1 heterocycles. The third-order valence-electron chi connectivity index (χ3n) is 9.42. The molecular formula is C26H29O2S+. The maximum atomic E-state index is 13.6. The second-order valence-electron chi connectivity index (χ2n) is 10.4. The standard InChI is InChI=1S/C26H29O2S/c27-24(25-14-17-12-18-13-19(16-25)26(18,25)15-17)28-22-8-9-23(29-10-4-1-5-11-29)21-7-3-2-6-20(21)22/h2-3,6-9,17-19H,1,4-5,10-16H2/q+1. The van der Waals surface area contributed by atoms with Crippen LogP contribution >= 0.6 is 0 Å². The zero-order chi connectivity index (χ0) is 19.2. The van der Waals surface area contributed by atoms with Crippen molar-refractivity contribution < 1.29 is 9.53 Å². The molecule has 1 aliphatic heterocycles. The Bertz CT molecular complexity index is 1020. The third-order valence-corrected chi connectivity index (χ3v) is 12.0. The second kappa shape index (κ2) is 5.81. The average Bonchev–Trinajstić information content (AvgIpc) is 3.24. The van der Waals surface area contributed by atoms with Crippen LogP contribution in [0.4, 0.5) is 0 Å². The van der Waals surface area contributed by atoms with Crippen LogP contribution < -0.4 is 4.74 Å². The van der Waals surface area contributed by atoms with Crippen molar-refractivity contribution in [1.29, 1.82) is 0 Å². The van der Waals surface area contributed by atoms with E-state index in [2.05, 4.69) is 36.4 Å². The summed E-state index contributed by atoms with van der Waals surface area (Å²) in [5.74, 6) is 5.95. The van der Waals surface area contributed by atoms with Crippen LogP contribution in [-0.2, 0) is 15.7 Å². The number of benzene rings is 2. The Morgan fingerprint density at radius 1 is 0.897 bits per heavy atom. The van der Waals surface area contributed by atoms with E-state index in [0.29, 0.717) is 16.3 Å². The highest BCUT2D eigenvalue weighted by molar-refractivity contribution is 7.97. The minimum atomic E-state index is -0.144. The molecule has 1 saturated heterocycles. The van der Waals surface area contributed by atoms with Crippen molar-refractivity contribution in [3.63, 3.8) is 0 Å². The molecule has 0 radical (unpaired) electrons. The van der Waals surface area contributed by atoms with Crippen LogP contribution in [0.2, 0.25) is 0 Å². The first kappa shape index (κ1) is 17.2. The van der Waals surface area contributed by atoms with Gasteiger partial charge in [-0.15, -0.1) is 0 Å². The number of hydrogen-bond acceptors (Lipinski definition) is 2. The van der Waals surface area contributed by atoms with E-state index in [4.69, 9.17) is 4.74 Å². The van der Waals surface area contributed by atoms with Crippen molar-refractivity contribution >= 4 is 27.6 Å². The van der Waals surface area contributed by atoms with Gasteiger partial charge in [-0.1, -0.05) is 18.2 Å². The topological polar surface area (TPSA) is 26.3 Å². The van der Waals surface area contributed by atoms with E-state index in [1.54, 1.807) is 0 Å². The Morgan fingerprint density at radius 2 is 1.72 bits per heavy atom. The van der Waals surface area contributed by atoms with Crippen LogP contribution in [0.15, 0.2) is 41.3 Å². The minimum Gasteiger partial charge on any atom is -0.425 e.